The lowest BCUT2D eigenvalue weighted by molar-refractivity contribution is 0.439. The molecule has 0 atom stereocenters. The van der Waals surface area contributed by atoms with Crippen LogP contribution < -0.4 is 15.6 Å². The van der Waals surface area contributed by atoms with Gasteiger partial charge in [-0.15, -0.1) is 0 Å². The highest BCUT2D eigenvalue weighted by atomic mass is 19.1. The molecular formula is C25H21F2N5O2. The molecule has 0 aliphatic rings. The number of nitrogens with one attached hydrogen (secondary N) is 3. The first-order valence-electron chi connectivity index (χ1n) is 10.6. The molecular weight excluding hydrogens is 440 g/mol. The van der Waals surface area contributed by atoms with Crippen molar-refractivity contribution in [2.45, 2.75) is 13.1 Å². The molecule has 0 unspecified atom stereocenters. The number of aryl methyl sites for hydroxylation is 1. The number of benzene rings is 2. The molecule has 34 heavy (non-hydrogen) atoms. The van der Waals surface area contributed by atoms with Crippen molar-refractivity contribution in [3.63, 3.8) is 0 Å². The van der Waals surface area contributed by atoms with Gasteiger partial charge >= 0.3 is 0 Å². The van der Waals surface area contributed by atoms with E-state index in [1.54, 1.807) is 36.4 Å². The lowest BCUT2D eigenvalue weighted by atomic mass is 10.0. The molecule has 172 valence electrons. The van der Waals surface area contributed by atoms with Gasteiger partial charge in [0, 0.05) is 67.0 Å². The topological polar surface area (TPSA) is 87.7 Å². The number of ether oxygens (including phenoxy) is 1. The van der Waals surface area contributed by atoms with Gasteiger partial charge in [0.2, 0.25) is 0 Å². The molecule has 0 spiro atoms. The Bertz CT molecular complexity index is 1520. The quantitative estimate of drug-likeness (QED) is 0.330. The maximum Gasteiger partial charge on any atom is 0.272 e. The van der Waals surface area contributed by atoms with E-state index in [1.807, 2.05) is 24.4 Å². The van der Waals surface area contributed by atoms with Gasteiger partial charge in [-0.25, -0.2) is 13.8 Å². The van der Waals surface area contributed by atoms with Crippen molar-refractivity contribution in [2.75, 3.05) is 0 Å². The lowest BCUT2D eigenvalue weighted by Crippen LogP contribution is -2.13. The molecule has 3 aromatic heterocycles. The zero-order valence-electron chi connectivity index (χ0n) is 18.2. The second-order valence-electron chi connectivity index (χ2n) is 7.91. The number of fused-ring (bicyclic) bond motifs is 1. The van der Waals surface area contributed by atoms with Crippen LogP contribution in [0.15, 0.2) is 72.2 Å². The molecule has 0 saturated carbocycles. The van der Waals surface area contributed by atoms with Gasteiger partial charge in [-0.3, -0.25) is 4.79 Å². The molecule has 2 aromatic carbocycles. The largest absolute Gasteiger partial charge is 0.454 e. The summed E-state index contributed by atoms with van der Waals surface area (Å²) in [6.45, 7) is 1.17. The first kappa shape index (κ1) is 21.6. The van der Waals surface area contributed by atoms with Crippen LogP contribution in [0.3, 0.4) is 0 Å². The summed E-state index contributed by atoms with van der Waals surface area (Å²) in [7, 11) is 1.79. The second-order valence-corrected chi connectivity index (χ2v) is 7.91. The normalized spacial score (nSPS) is 11.3. The minimum absolute atomic E-state index is 0.0918. The van der Waals surface area contributed by atoms with Gasteiger partial charge in [0.15, 0.2) is 11.6 Å². The Morgan fingerprint density at radius 2 is 1.88 bits per heavy atom. The van der Waals surface area contributed by atoms with Crippen LogP contribution in [-0.2, 0) is 20.1 Å². The Hall–Kier alpha value is -4.24. The van der Waals surface area contributed by atoms with Crippen molar-refractivity contribution in [2.24, 2.45) is 7.05 Å². The molecule has 3 heterocycles. The number of hydrogen-bond acceptors (Lipinski definition) is 4. The summed E-state index contributed by atoms with van der Waals surface area (Å²) in [4.78, 5) is 22.1. The summed E-state index contributed by atoms with van der Waals surface area (Å²) in [5, 5.41) is 4.08. The first-order valence-corrected chi connectivity index (χ1v) is 10.6. The molecule has 7 nitrogen and oxygen atoms in total. The van der Waals surface area contributed by atoms with Gasteiger partial charge in [-0.2, -0.15) is 0 Å². The Morgan fingerprint density at radius 3 is 2.68 bits per heavy atom. The minimum atomic E-state index is -0.800. The number of imidazole rings is 1. The van der Waals surface area contributed by atoms with Crippen LogP contribution in [0.25, 0.3) is 22.0 Å². The molecule has 0 bridgehead atoms. The first-order chi connectivity index (χ1) is 16.5. The minimum Gasteiger partial charge on any atom is -0.454 e. The third-order valence-corrected chi connectivity index (χ3v) is 5.55. The summed E-state index contributed by atoms with van der Waals surface area (Å²) in [5.74, 6) is -1.19. The van der Waals surface area contributed by atoms with Gasteiger partial charge in [0.25, 0.3) is 5.56 Å². The van der Waals surface area contributed by atoms with Crippen LogP contribution in [-0.4, -0.2) is 19.5 Å². The van der Waals surface area contributed by atoms with Crippen LogP contribution in [0, 0.1) is 11.6 Å². The van der Waals surface area contributed by atoms with E-state index in [-0.39, 0.29) is 11.3 Å². The summed E-state index contributed by atoms with van der Waals surface area (Å²) in [6, 6.07) is 10.5. The Kier molecular flexibility index (Phi) is 5.69. The fraction of sp³-hybridized carbons (Fsp3) is 0.120. The van der Waals surface area contributed by atoms with E-state index < -0.39 is 11.6 Å². The average Bonchev–Trinajstić information content (AvgIpc) is 3.45. The van der Waals surface area contributed by atoms with E-state index in [9.17, 15) is 13.6 Å². The molecule has 0 saturated heterocycles. The van der Waals surface area contributed by atoms with Crippen LogP contribution >= 0.6 is 0 Å². The molecule has 0 radical (unpaired) electrons. The standard InChI is InChI=1S/C25H21F2N5O2/c1-32-13-20(18-6-7-30-25(33)24(18)32)19-8-15(10-28-11-17-12-29-14-31-17)2-4-22(19)34-23-5-3-16(26)9-21(23)27/h2-9,12-14,28H,10-11H2,1H3,(H,29,31)(H,30,33). The van der Waals surface area contributed by atoms with Crippen LogP contribution in [0.2, 0.25) is 0 Å². The smallest absolute Gasteiger partial charge is 0.272 e. The summed E-state index contributed by atoms with van der Waals surface area (Å²) in [6.07, 6.45) is 6.80. The lowest BCUT2D eigenvalue weighted by Gasteiger charge is -2.14. The van der Waals surface area contributed by atoms with Crippen molar-refractivity contribution in [3.8, 4) is 22.6 Å². The maximum absolute atomic E-state index is 14.3. The summed E-state index contributed by atoms with van der Waals surface area (Å²) < 4.78 is 35.3. The number of H-pyrrole nitrogens is 2. The predicted octanol–water partition coefficient (Wildman–Crippen LogP) is 4.62. The number of rotatable bonds is 7. The summed E-state index contributed by atoms with van der Waals surface area (Å²) in [5.41, 5.74) is 3.66. The van der Waals surface area contributed by atoms with Gasteiger partial charge in [0.1, 0.15) is 17.1 Å². The van der Waals surface area contributed by atoms with E-state index in [0.29, 0.717) is 29.9 Å². The third kappa shape index (κ3) is 4.20. The van der Waals surface area contributed by atoms with Crippen molar-refractivity contribution < 1.29 is 13.5 Å². The van der Waals surface area contributed by atoms with Crippen LogP contribution in [0.4, 0.5) is 8.78 Å². The number of aromatic amines is 2. The number of pyridine rings is 1. The average molecular weight is 461 g/mol. The fourth-order valence-electron chi connectivity index (χ4n) is 3.97. The number of aromatic nitrogens is 4. The van der Waals surface area contributed by atoms with Crippen LogP contribution in [0.5, 0.6) is 11.5 Å². The Labute approximate surface area is 193 Å². The maximum atomic E-state index is 14.3. The monoisotopic (exact) mass is 461 g/mol. The third-order valence-electron chi connectivity index (χ3n) is 5.55. The Balaban J connectivity index is 1.56. The van der Waals surface area contributed by atoms with Gasteiger partial charge in [-0.05, 0) is 35.9 Å². The molecule has 9 heteroatoms. The molecule has 0 aliphatic heterocycles. The molecule has 0 aliphatic carbocycles. The predicted molar refractivity (Wildman–Crippen MR) is 125 cm³/mol. The highest BCUT2D eigenvalue weighted by Gasteiger charge is 2.17. The SMILES string of the molecule is Cn1cc(-c2cc(CNCc3cnc[nH]3)ccc2Oc2ccc(F)cc2F)c2cc[nH]c(=O)c21. The zero-order valence-corrected chi connectivity index (χ0v) is 18.2. The van der Waals surface area contributed by atoms with E-state index >= 15 is 0 Å². The van der Waals surface area contributed by atoms with Gasteiger partial charge < -0.3 is 24.6 Å². The van der Waals surface area contributed by atoms with E-state index in [1.165, 1.54) is 6.07 Å². The number of nitrogens with zero attached hydrogens (tertiary/aromatic N) is 2. The summed E-state index contributed by atoms with van der Waals surface area (Å²) >= 11 is 0. The molecule has 3 N–H and O–H groups in total. The fourth-order valence-corrected chi connectivity index (χ4v) is 3.97. The Morgan fingerprint density at radius 1 is 1.03 bits per heavy atom. The molecule has 5 aromatic rings. The molecule has 0 amide bonds. The molecule has 0 fully saturated rings. The van der Waals surface area contributed by atoms with E-state index in [2.05, 4.69) is 20.3 Å². The van der Waals surface area contributed by atoms with Gasteiger partial charge in [0.05, 0.1) is 6.33 Å². The van der Waals surface area contributed by atoms with Crippen molar-refractivity contribution in [1.29, 1.82) is 0 Å². The van der Waals surface area contributed by atoms with E-state index in [4.69, 9.17) is 4.74 Å². The molecule has 5 rings (SSSR count). The van der Waals surface area contributed by atoms with Crippen molar-refractivity contribution >= 4 is 10.9 Å². The van der Waals surface area contributed by atoms with Crippen LogP contribution in [0.1, 0.15) is 11.3 Å². The highest BCUT2D eigenvalue weighted by Crippen LogP contribution is 2.38. The van der Waals surface area contributed by atoms with Crippen molar-refractivity contribution in [1.82, 2.24) is 24.8 Å². The number of hydrogen-bond donors (Lipinski definition) is 3. The zero-order chi connectivity index (χ0) is 23.7. The van der Waals surface area contributed by atoms with Gasteiger partial charge in [-0.1, -0.05) is 6.07 Å². The van der Waals surface area contributed by atoms with Crippen molar-refractivity contribution in [3.05, 3.63) is 101 Å². The number of halogens is 2. The highest BCUT2D eigenvalue weighted by molar-refractivity contribution is 5.97. The van der Waals surface area contributed by atoms with E-state index in [0.717, 1.165) is 34.3 Å². The second kappa shape index (κ2) is 8.95.